The molecule has 0 unspecified atom stereocenters. The first-order chi connectivity index (χ1) is 6.24. The molecule has 0 aromatic heterocycles. The van der Waals surface area contributed by atoms with Gasteiger partial charge in [0.25, 0.3) is 0 Å². The highest BCUT2D eigenvalue weighted by Gasteiger charge is 2.11. The Morgan fingerprint density at radius 2 is 1.92 bits per heavy atom. The molecule has 3 heteroatoms. The molecule has 68 valence electrons. The van der Waals surface area contributed by atoms with Crippen LogP contribution in [0.1, 0.15) is 11.1 Å². The van der Waals surface area contributed by atoms with E-state index >= 15 is 0 Å². The largest absolute Gasteiger partial charge is 0.495 e. The monoisotopic (exact) mass is 177 g/mol. The lowest BCUT2D eigenvalue weighted by Gasteiger charge is -2.09. The lowest BCUT2D eigenvalue weighted by Crippen LogP contribution is -1.95. The lowest BCUT2D eigenvalue weighted by molar-refractivity contribution is 0.390. The first-order valence-electron chi connectivity index (χ1n) is 3.86. The van der Waals surface area contributed by atoms with Gasteiger partial charge in [0.05, 0.1) is 14.2 Å². The van der Waals surface area contributed by atoms with Crippen molar-refractivity contribution in [1.29, 1.82) is 5.26 Å². The Bertz CT molecular complexity index is 353. The van der Waals surface area contributed by atoms with Gasteiger partial charge in [-0.3, -0.25) is 0 Å². The van der Waals surface area contributed by atoms with Gasteiger partial charge in [-0.05, 0) is 18.6 Å². The quantitative estimate of drug-likeness (QED) is 0.692. The molecule has 1 aromatic carbocycles. The van der Waals surface area contributed by atoms with Crippen molar-refractivity contribution in [3.63, 3.8) is 0 Å². The van der Waals surface area contributed by atoms with E-state index in [0.717, 1.165) is 5.56 Å². The number of aryl methyl sites for hydroxylation is 1. The van der Waals surface area contributed by atoms with E-state index in [1.54, 1.807) is 13.2 Å². The van der Waals surface area contributed by atoms with Crippen LogP contribution in [0.5, 0.6) is 11.5 Å². The molecule has 13 heavy (non-hydrogen) atoms. The topological polar surface area (TPSA) is 42.2 Å². The Kier molecular flexibility index (Phi) is 2.76. The van der Waals surface area contributed by atoms with Gasteiger partial charge in [0.1, 0.15) is 23.1 Å². The summed E-state index contributed by atoms with van der Waals surface area (Å²) in [6.07, 6.45) is 0. The van der Waals surface area contributed by atoms with Crippen LogP contribution in [0.4, 0.5) is 0 Å². The number of rotatable bonds is 2. The molecule has 0 bridgehead atoms. The molecule has 0 aliphatic heterocycles. The predicted octanol–water partition coefficient (Wildman–Crippen LogP) is 1.88. The minimum absolute atomic E-state index is 0.449. The van der Waals surface area contributed by atoms with E-state index in [2.05, 4.69) is 6.07 Å². The summed E-state index contributed by atoms with van der Waals surface area (Å²) in [6, 6.07) is 5.68. The molecule has 0 heterocycles. The third-order valence-corrected chi connectivity index (χ3v) is 1.85. The van der Waals surface area contributed by atoms with Gasteiger partial charge in [-0.2, -0.15) is 5.26 Å². The Balaban J connectivity index is 3.39. The zero-order valence-corrected chi connectivity index (χ0v) is 7.92. The minimum Gasteiger partial charge on any atom is -0.495 e. The highest BCUT2D eigenvalue weighted by Crippen LogP contribution is 2.30. The number of hydrogen-bond acceptors (Lipinski definition) is 3. The molecule has 0 fully saturated rings. The molecule has 3 nitrogen and oxygen atoms in total. The highest BCUT2D eigenvalue weighted by molar-refractivity contribution is 5.56. The first-order valence-corrected chi connectivity index (χ1v) is 3.86. The van der Waals surface area contributed by atoms with E-state index in [9.17, 15) is 0 Å². The molecule has 0 N–H and O–H groups in total. The van der Waals surface area contributed by atoms with Crippen LogP contribution in [0.15, 0.2) is 12.1 Å². The van der Waals surface area contributed by atoms with E-state index < -0.39 is 0 Å². The summed E-state index contributed by atoms with van der Waals surface area (Å²) >= 11 is 0. The smallest absolute Gasteiger partial charge is 0.143 e. The fourth-order valence-electron chi connectivity index (χ4n) is 1.21. The van der Waals surface area contributed by atoms with E-state index in [1.165, 1.54) is 7.11 Å². The molecule has 0 aliphatic rings. The molecule has 0 spiro atoms. The van der Waals surface area contributed by atoms with Crippen LogP contribution < -0.4 is 9.47 Å². The fourth-order valence-corrected chi connectivity index (χ4v) is 1.21. The molecular weight excluding hydrogens is 166 g/mol. The van der Waals surface area contributed by atoms with Crippen molar-refractivity contribution in [2.24, 2.45) is 0 Å². The van der Waals surface area contributed by atoms with E-state index in [0.29, 0.717) is 17.1 Å². The van der Waals surface area contributed by atoms with Gasteiger partial charge in [0.15, 0.2) is 0 Å². The Morgan fingerprint density at radius 1 is 1.23 bits per heavy atom. The van der Waals surface area contributed by atoms with Gasteiger partial charge in [-0.1, -0.05) is 6.07 Å². The maximum absolute atomic E-state index is 8.88. The lowest BCUT2D eigenvalue weighted by atomic mass is 10.1. The second-order valence-corrected chi connectivity index (χ2v) is 2.60. The average Bonchev–Trinajstić information content (AvgIpc) is 2.17. The number of nitrogens with zero attached hydrogens (tertiary/aromatic N) is 1. The Morgan fingerprint density at radius 3 is 2.38 bits per heavy atom. The zero-order valence-electron chi connectivity index (χ0n) is 7.92. The van der Waals surface area contributed by atoms with Crippen molar-refractivity contribution in [2.75, 3.05) is 14.2 Å². The first kappa shape index (κ1) is 9.40. The molecule has 1 rings (SSSR count). The number of hydrogen-bond donors (Lipinski definition) is 0. The van der Waals surface area contributed by atoms with Crippen LogP contribution in [0.25, 0.3) is 0 Å². The highest BCUT2D eigenvalue weighted by atomic mass is 16.5. The SMILES string of the molecule is COc1ccc(C)c(OC)c1C#N. The Labute approximate surface area is 77.5 Å². The van der Waals surface area contributed by atoms with Crippen LogP contribution in [0.3, 0.4) is 0 Å². The Hall–Kier alpha value is -1.69. The van der Waals surface area contributed by atoms with Crippen LogP contribution in [-0.2, 0) is 0 Å². The number of nitriles is 1. The van der Waals surface area contributed by atoms with Crippen molar-refractivity contribution in [3.8, 4) is 17.6 Å². The summed E-state index contributed by atoms with van der Waals surface area (Å²) in [5, 5.41) is 8.88. The predicted molar refractivity (Wildman–Crippen MR) is 49.0 cm³/mol. The number of methoxy groups -OCH3 is 2. The van der Waals surface area contributed by atoms with Crippen LogP contribution in [-0.4, -0.2) is 14.2 Å². The molecule has 0 saturated carbocycles. The number of ether oxygens (including phenoxy) is 2. The summed E-state index contributed by atoms with van der Waals surface area (Å²) in [5.41, 5.74) is 1.38. The van der Waals surface area contributed by atoms with Gasteiger partial charge >= 0.3 is 0 Å². The van der Waals surface area contributed by atoms with Crippen LogP contribution in [0, 0.1) is 18.3 Å². The van der Waals surface area contributed by atoms with Crippen molar-refractivity contribution >= 4 is 0 Å². The number of benzene rings is 1. The van der Waals surface area contributed by atoms with Gasteiger partial charge in [-0.15, -0.1) is 0 Å². The van der Waals surface area contributed by atoms with Gasteiger partial charge in [0.2, 0.25) is 0 Å². The fraction of sp³-hybridized carbons (Fsp3) is 0.300. The zero-order chi connectivity index (χ0) is 9.84. The molecule has 0 radical (unpaired) electrons. The molecule has 0 saturated heterocycles. The standard InChI is InChI=1S/C10H11NO2/c1-7-4-5-9(12-2)8(6-11)10(7)13-3/h4-5H,1-3H3. The summed E-state index contributed by atoms with van der Waals surface area (Å²) in [6.45, 7) is 1.89. The third kappa shape index (κ3) is 1.57. The molecular formula is C10H11NO2. The second kappa shape index (κ2) is 3.81. The van der Waals surface area contributed by atoms with Crippen molar-refractivity contribution < 1.29 is 9.47 Å². The van der Waals surface area contributed by atoms with Crippen molar-refractivity contribution in [3.05, 3.63) is 23.3 Å². The molecule has 0 aliphatic carbocycles. The van der Waals surface area contributed by atoms with Gasteiger partial charge < -0.3 is 9.47 Å². The van der Waals surface area contributed by atoms with E-state index in [4.69, 9.17) is 14.7 Å². The van der Waals surface area contributed by atoms with Crippen LogP contribution in [0.2, 0.25) is 0 Å². The van der Waals surface area contributed by atoms with Crippen LogP contribution >= 0.6 is 0 Å². The minimum atomic E-state index is 0.449. The average molecular weight is 177 g/mol. The van der Waals surface area contributed by atoms with Gasteiger partial charge in [0, 0.05) is 0 Å². The molecule has 1 aromatic rings. The summed E-state index contributed by atoms with van der Waals surface area (Å²) in [4.78, 5) is 0. The van der Waals surface area contributed by atoms with Gasteiger partial charge in [-0.25, -0.2) is 0 Å². The van der Waals surface area contributed by atoms with E-state index in [1.807, 2.05) is 13.0 Å². The summed E-state index contributed by atoms with van der Waals surface area (Å²) in [7, 11) is 3.08. The summed E-state index contributed by atoms with van der Waals surface area (Å²) in [5.74, 6) is 1.13. The molecule has 0 atom stereocenters. The molecule has 0 amide bonds. The van der Waals surface area contributed by atoms with Crippen molar-refractivity contribution in [1.82, 2.24) is 0 Å². The third-order valence-electron chi connectivity index (χ3n) is 1.85. The summed E-state index contributed by atoms with van der Waals surface area (Å²) < 4.78 is 10.1. The maximum Gasteiger partial charge on any atom is 0.143 e. The van der Waals surface area contributed by atoms with E-state index in [-0.39, 0.29) is 0 Å². The maximum atomic E-state index is 8.88. The second-order valence-electron chi connectivity index (χ2n) is 2.60. The normalized spacial score (nSPS) is 9.08. The van der Waals surface area contributed by atoms with Crippen molar-refractivity contribution in [2.45, 2.75) is 6.92 Å².